The maximum Gasteiger partial charge on any atom is 0.286 e. The van der Waals surface area contributed by atoms with E-state index < -0.39 is 0 Å². The summed E-state index contributed by atoms with van der Waals surface area (Å²) < 4.78 is 0. The summed E-state index contributed by atoms with van der Waals surface area (Å²) in [5.41, 5.74) is 1.13. The van der Waals surface area contributed by atoms with E-state index in [1.165, 1.54) is 30.6 Å². The fourth-order valence-corrected chi connectivity index (χ4v) is 3.60. The lowest BCUT2D eigenvalue weighted by Gasteiger charge is -2.22. The maximum atomic E-state index is 12.4. The molecule has 1 aromatic heterocycles. The molecule has 1 aliphatic carbocycles. The molecule has 0 radical (unpaired) electrons. The first kappa shape index (κ1) is 17.5. The Morgan fingerprint density at radius 1 is 1.16 bits per heavy atom. The van der Waals surface area contributed by atoms with Crippen LogP contribution in [-0.2, 0) is 6.42 Å². The van der Waals surface area contributed by atoms with Crippen LogP contribution in [0.2, 0.25) is 0 Å². The van der Waals surface area contributed by atoms with E-state index in [2.05, 4.69) is 20.8 Å². The lowest BCUT2D eigenvalue weighted by molar-refractivity contribution is 0.0926. The SMILES string of the molecule is CCc1nnc(C(=O)Nc2cccc(C(=O)NC3CCCCC3)c2)s1. The third kappa shape index (κ3) is 4.63. The number of hydrogen-bond acceptors (Lipinski definition) is 5. The third-order valence-corrected chi connectivity index (χ3v) is 5.35. The van der Waals surface area contributed by atoms with Gasteiger partial charge in [-0.15, -0.1) is 10.2 Å². The minimum atomic E-state index is -0.304. The summed E-state index contributed by atoms with van der Waals surface area (Å²) in [6, 6.07) is 7.24. The molecule has 6 nitrogen and oxygen atoms in total. The monoisotopic (exact) mass is 358 g/mol. The van der Waals surface area contributed by atoms with Crippen molar-refractivity contribution in [2.45, 2.75) is 51.5 Å². The summed E-state index contributed by atoms with van der Waals surface area (Å²) in [7, 11) is 0. The molecular formula is C18H22N4O2S. The Bertz CT molecular complexity index is 753. The molecule has 0 spiro atoms. The number of aromatic nitrogens is 2. The summed E-state index contributed by atoms with van der Waals surface area (Å²) in [6.45, 7) is 1.97. The van der Waals surface area contributed by atoms with Crippen LogP contribution in [0.5, 0.6) is 0 Å². The fraction of sp³-hybridized carbons (Fsp3) is 0.444. The highest BCUT2D eigenvalue weighted by atomic mass is 32.1. The highest BCUT2D eigenvalue weighted by molar-refractivity contribution is 7.13. The normalized spacial score (nSPS) is 14.9. The summed E-state index contributed by atoms with van der Waals surface area (Å²) in [6.07, 6.45) is 6.42. The molecule has 1 aliphatic rings. The zero-order valence-electron chi connectivity index (χ0n) is 14.2. The van der Waals surface area contributed by atoms with Crippen molar-refractivity contribution >= 4 is 28.8 Å². The van der Waals surface area contributed by atoms with Gasteiger partial charge in [-0.1, -0.05) is 43.6 Å². The molecule has 1 saturated carbocycles. The van der Waals surface area contributed by atoms with Gasteiger partial charge in [-0.2, -0.15) is 0 Å². The van der Waals surface area contributed by atoms with Crippen LogP contribution in [-0.4, -0.2) is 28.1 Å². The number of nitrogens with zero attached hydrogens (tertiary/aromatic N) is 2. The predicted molar refractivity (Wildman–Crippen MR) is 98.0 cm³/mol. The quantitative estimate of drug-likeness (QED) is 0.858. The number of anilines is 1. The molecule has 0 bridgehead atoms. The minimum Gasteiger partial charge on any atom is -0.349 e. The number of nitrogens with one attached hydrogen (secondary N) is 2. The van der Waals surface area contributed by atoms with Crippen LogP contribution in [0.3, 0.4) is 0 Å². The molecule has 2 N–H and O–H groups in total. The predicted octanol–water partition coefficient (Wildman–Crippen LogP) is 3.42. The number of carbonyl (C=O) groups is 2. The van der Waals surface area contributed by atoms with Gasteiger partial charge in [-0.3, -0.25) is 9.59 Å². The van der Waals surface area contributed by atoms with Gasteiger partial charge in [-0.05, 0) is 37.5 Å². The Hall–Kier alpha value is -2.28. The summed E-state index contributed by atoms with van der Waals surface area (Å²) in [5.74, 6) is -0.394. The second-order valence-electron chi connectivity index (χ2n) is 6.20. The van der Waals surface area contributed by atoms with E-state index in [-0.39, 0.29) is 17.9 Å². The smallest absolute Gasteiger partial charge is 0.286 e. The van der Waals surface area contributed by atoms with Crippen molar-refractivity contribution in [2.75, 3.05) is 5.32 Å². The Balaban J connectivity index is 1.64. The van der Waals surface area contributed by atoms with E-state index in [1.54, 1.807) is 24.3 Å². The lowest BCUT2D eigenvalue weighted by Crippen LogP contribution is -2.36. The standard InChI is InChI=1S/C18H22N4O2S/c1-2-15-21-22-18(25-15)17(24)20-14-10-6-7-12(11-14)16(23)19-13-8-4-3-5-9-13/h6-7,10-11,13H,2-5,8-9H2,1H3,(H,19,23)(H,20,24). The number of benzene rings is 1. The van der Waals surface area contributed by atoms with Crippen molar-refractivity contribution in [1.82, 2.24) is 15.5 Å². The molecule has 0 unspecified atom stereocenters. The van der Waals surface area contributed by atoms with E-state index in [9.17, 15) is 9.59 Å². The average molecular weight is 358 g/mol. The highest BCUT2D eigenvalue weighted by Gasteiger charge is 2.17. The molecule has 1 aromatic carbocycles. The van der Waals surface area contributed by atoms with Crippen LogP contribution in [0.1, 0.15) is 64.2 Å². The Labute approximate surface area is 151 Å². The number of hydrogen-bond donors (Lipinski definition) is 2. The zero-order chi connectivity index (χ0) is 17.6. The highest BCUT2D eigenvalue weighted by Crippen LogP contribution is 2.19. The average Bonchev–Trinajstić information content (AvgIpc) is 3.12. The van der Waals surface area contributed by atoms with Gasteiger partial charge in [0.05, 0.1) is 0 Å². The fourth-order valence-electron chi connectivity index (χ4n) is 2.93. The second-order valence-corrected chi connectivity index (χ2v) is 7.26. The molecule has 0 aliphatic heterocycles. The van der Waals surface area contributed by atoms with Gasteiger partial charge in [0.15, 0.2) is 0 Å². The number of carbonyl (C=O) groups excluding carboxylic acids is 2. The minimum absolute atomic E-state index is 0.0906. The van der Waals surface area contributed by atoms with Crippen molar-refractivity contribution in [1.29, 1.82) is 0 Å². The molecule has 2 aromatic rings. The van der Waals surface area contributed by atoms with Crippen molar-refractivity contribution in [3.63, 3.8) is 0 Å². The van der Waals surface area contributed by atoms with Crippen molar-refractivity contribution in [2.24, 2.45) is 0 Å². The number of amides is 2. The first-order chi connectivity index (χ1) is 12.2. The molecule has 2 amide bonds. The molecule has 1 fully saturated rings. The first-order valence-corrected chi connectivity index (χ1v) is 9.52. The molecule has 0 saturated heterocycles. The molecule has 25 heavy (non-hydrogen) atoms. The molecule has 1 heterocycles. The van der Waals surface area contributed by atoms with Crippen molar-refractivity contribution < 1.29 is 9.59 Å². The van der Waals surface area contributed by atoms with Crippen LogP contribution in [0.25, 0.3) is 0 Å². The lowest BCUT2D eigenvalue weighted by atomic mass is 9.95. The van der Waals surface area contributed by atoms with E-state index in [0.29, 0.717) is 16.3 Å². The largest absolute Gasteiger partial charge is 0.349 e. The van der Waals surface area contributed by atoms with Crippen LogP contribution < -0.4 is 10.6 Å². The molecule has 132 valence electrons. The molecular weight excluding hydrogens is 336 g/mol. The summed E-state index contributed by atoms with van der Waals surface area (Å²) in [5, 5.41) is 14.9. The first-order valence-electron chi connectivity index (χ1n) is 8.70. The van der Waals surface area contributed by atoms with Gasteiger partial charge in [0.1, 0.15) is 5.01 Å². The van der Waals surface area contributed by atoms with Gasteiger partial charge in [-0.25, -0.2) is 0 Å². The van der Waals surface area contributed by atoms with Crippen LogP contribution in [0.15, 0.2) is 24.3 Å². The van der Waals surface area contributed by atoms with E-state index in [1.807, 2.05) is 6.92 Å². The Kier molecular flexibility index (Phi) is 5.75. The second kappa shape index (κ2) is 8.20. The van der Waals surface area contributed by atoms with Gasteiger partial charge in [0.25, 0.3) is 11.8 Å². The van der Waals surface area contributed by atoms with Gasteiger partial charge < -0.3 is 10.6 Å². The maximum absolute atomic E-state index is 12.4. The van der Waals surface area contributed by atoms with E-state index >= 15 is 0 Å². The summed E-state index contributed by atoms with van der Waals surface area (Å²) in [4.78, 5) is 24.7. The van der Waals surface area contributed by atoms with Gasteiger partial charge >= 0.3 is 0 Å². The Morgan fingerprint density at radius 3 is 2.68 bits per heavy atom. The number of rotatable bonds is 5. The van der Waals surface area contributed by atoms with E-state index in [4.69, 9.17) is 0 Å². The van der Waals surface area contributed by atoms with Crippen LogP contribution in [0, 0.1) is 0 Å². The summed E-state index contributed by atoms with van der Waals surface area (Å²) >= 11 is 1.28. The van der Waals surface area contributed by atoms with Crippen molar-refractivity contribution in [3.05, 3.63) is 39.8 Å². The van der Waals surface area contributed by atoms with Gasteiger partial charge in [0.2, 0.25) is 5.01 Å². The molecule has 3 rings (SSSR count). The van der Waals surface area contributed by atoms with E-state index in [0.717, 1.165) is 24.3 Å². The number of aryl methyl sites for hydroxylation is 1. The van der Waals surface area contributed by atoms with Gasteiger partial charge in [0, 0.05) is 17.3 Å². The molecule has 0 atom stereocenters. The molecule has 7 heteroatoms. The topological polar surface area (TPSA) is 84.0 Å². The van der Waals surface area contributed by atoms with Crippen molar-refractivity contribution in [3.8, 4) is 0 Å². The third-order valence-electron chi connectivity index (χ3n) is 4.29. The Morgan fingerprint density at radius 2 is 1.96 bits per heavy atom. The van der Waals surface area contributed by atoms with Crippen LogP contribution >= 0.6 is 11.3 Å². The van der Waals surface area contributed by atoms with Crippen LogP contribution in [0.4, 0.5) is 5.69 Å². The zero-order valence-corrected chi connectivity index (χ0v) is 15.1.